The fourth-order valence-corrected chi connectivity index (χ4v) is 3.73. The molecule has 0 aliphatic rings. The first-order chi connectivity index (χ1) is 9.65. The van der Waals surface area contributed by atoms with Crippen molar-refractivity contribution in [2.45, 2.75) is 25.7 Å². The molecule has 1 rings (SSSR count). The first-order valence-electron chi connectivity index (χ1n) is 6.49. The maximum absolute atomic E-state index is 12.3. The summed E-state index contributed by atoms with van der Waals surface area (Å²) in [5, 5.41) is 9.03. The predicted molar refractivity (Wildman–Crippen MR) is 83.5 cm³/mol. The van der Waals surface area contributed by atoms with Crippen molar-refractivity contribution >= 4 is 31.7 Å². The summed E-state index contributed by atoms with van der Waals surface area (Å²) in [6.07, 6.45) is 0. The van der Waals surface area contributed by atoms with E-state index in [2.05, 4.69) is 15.9 Å². The summed E-state index contributed by atoms with van der Waals surface area (Å²) < 4.78 is 30.4. The lowest BCUT2D eigenvalue weighted by Crippen LogP contribution is -2.16. The Morgan fingerprint density at radius 2 is 2.00 bits per heavy atom. The molecule has 0 fully saturated rings. The highest BCUT2D eigenvalue weighted by Gasteiger charge is 2.21. The number of aromatic carboxylic acids is 1. The van der Waals surface area contributed by atoms with Gasteiger partial charge in [0.25, 0.3) is 0 Å². The molecule has 0 aliphatic heterocycles. The monoisotopic (exact) mass is 378 g/mol. The molecule has 0 aromatic heterocycles. The number of rotatable bonds is 7. The van der Waals surface area contributed by atoms with E-state index in [4.69, 9.17) is 9.84 Å². The number of carboxylic acids is 1. The Morgan fingerprint density at radius 1 is 1.38 bits per heavy atom. The molecule has 21 heavy (non-hydrogen) atoms. The largest absolute Gasteiger partial charge is 0.478 e. The molecule has 0 atom stereocenters. The zero-order chi connectivity index (χ0) is 16.2. The van der Waals surface area contributed by atoms with Crippen molar-refractivity contribution < 1.29 is 23.1 Å². The van der Waals surface area contributed by atoms with E-state index in [1.165, 1.54) is 12.1 Å². The van der Waals surface area contributed by atoms with Crippen molar-refractivity contribution in [2.75, 3.05) is 19.0 Å². The maximum atomic E-state index is 12.3. The van der Waals surface area contributed by atoms with Gasteiger partial charge in [0.2, 0.25) is 0 Å². The Morgan fingerprint density at radius 3 is 2.52 bits per heavy atom. The minimum absolute atomic E-state index is 0.0300. The smallest absolute Gasteiger partial charge is 0.335 e. The standard InChI is InChI=1S/C14H19BrO5S/c1-9(2)8-20-4-5-21(18,19)13-7-11(14(16)17)6-12(15)10(13)3/h6-7,9H,4-5,8H2,1-3H3,(H,16,17). The topological polar surface area (TPSA) is 80.7 Å². The summed E-state index contributed by atoms with van der Waals surface area (Å²) >= 11 is 3.20. The molecule has 1 N–H and O–H groups in total. The van der Waals surface area contributed by atoms with E-state index < -0.39 is 15.8 Å². The number of ether oxygens (including phenoxy) is 1. The zero-order valence-corrected chi connectivity index (χ0v) is 14.6. The lowest BCUT2D eigenvalue weighted by molar-refractivity contribution is 0.0696. The van der Waals surface area contributed by atoms with Crippen molar-refractivity contribution in [3.8, 4) is 0 Å². The van der Waals surface area contributed by atoms with Crippen LogP contribution in [0, 0.1) is 12.8 Å². The van der Waals surface area contributed by atoms with Crippen LogP contribution in [0.25, 0.3) is 0 Å². The van der Waals surface area contributed by atoms with Gasteiger partial charge in [-0.3, -0.25) is 0 Å². The number of sulfone groups is 1. The van der Waals surface area contributed by atoms with Crippen LogP contribution in [-0.2, 0) is 14.6 Å². The average molecular weight is 379 g/mol. The van der Waals surface area contributed by atoms with Gasteiger partial charge in [0.1, 0.15) is 0 Å². The van der Waals surface area contributed by atoms with Crippen LogP contribution in [0.4, 0.5) is 0 Å². The molecule has 5 nitrogen and oxygen atoms in total. The van der Waals surface area contributed by atoms with E-state index in [0.29, 0.717) is 22.6 Å². The summed E-state index contributed by atoms with van der Waals surface area (Å²) in [4.78, 5) is 11.1. The van der Waals surface area contributed by atoms with Gasteiger partial charge in [0, 0.05) is 11.1 Å². The Kier molecular flexibility index (Phi) is 6.37. The minimum atomic E-state index is -3.59. The van der Waals surface area contributed by atoms with Crippen molar-refractivity contribution in [2.24, 2.45) is 5.92 Å². The molecular weight excluding hydrogens is 360 g/mol. The fraction of sp³-hybridized carbons (Fsp3) is 0.500. The van der Waals surface area contributed by atoms with Gasteiger partial charge in [-0.25, -0.2) is 13.2 Å². The summed E-state index contributed by atoms with van der Waals surface area (Å²) in [5.41, 5.74) is 0.443. The molecule has 0 heterocycles. The summed E-state index contributed by atoms with van der Waals surface area (Å²) in [6.45, 7) is 6.18. The van der Waals surface area contributed by atoms with Gasteiger partial charge in [0.15, 0.2) is 9.84 Å². The van der Waals surface area contributed by atoms with Crippen molar-refractivity contribution in [3.05, 3.63) is 27.7 Å². The quantitative estimate of drug-likeness (QED) is 0.737. The van der Waals surface area contributed by atoms with Crippen molar-refractivity contribution in [3.63, 3.8) is 0 Å². The lowest BCUT2D eigenvalue weighted by Gasteiger charge is -2.11. The molecule has 0 saturated carbocycles. The summed E-state index contributed by atoms with van der Waals surface area (Å²) in [6, 6.07) is 2.59. The van der Waals surface area contributed by atoms with Crippen LogP contribution in [0.1, 0.15) is 29.8 Å². The Hall–Kier alpha value is -0.920. The number of carbonyl (C=O) groups is 1. The Bertz CT molecular complexity index is 622. The molecular formula is C14H19BrO5S. The highest BCUT2D eigenvalue weighted by molar-refractivity contribution is 9.10. The molecule has 0 aliphatic carbocycles. The molecule has 0 unspecified atom stereocenters. The van der Waals surface area contributed by atoms with E-state index in [9.17, 15) is 13.2 Å². The normalized spacial score (nSPS) is 11.9. The first kappa shape index (κ1) is 18.1. The van der Waals surface area contributed by atoms with Crippen LogP contribution in [-0.4, -0.2) is 38.5 Å². The third-order valence-corrected chi connectivity index (χ3v) is 5.45. The second-order valence-electron chi connectivity index (χ2n) is 5.17. The van der Waals surface area contributed by atoms with Gasteiger partial charge in [-0.1, -0.05) is 29.8 Å². The number of carboxylic acid groups (broad SMARTS) is 1. The van der Waals surface area contributed by atoms with Crippen LogP contribution in [0.2, 0.25) is 0 Å². The third-order valence-electron chi connectivity index (χ3n) is 2.83. The van der Waals surface area contributed by atoms with Crippen LogP contribution in [0.3, 0.4) is 0 Å². The fourth-order valence-electron chi connectivity index (χ4n) is 1.70. The SMILES string of the molecule is Cc1c(Br)cc(C(=O)O)cc1S(=O)(=O)CCOCC(C)C. The molecule has 0 spiro atoms. The van der Waals surface area contributed by atoms with Gasteiger partial charge in [-0.2, -0.15) is 0 Å². The number of benzene rings is 1. The first-order valence-corrected chi connectivity index (χ1v) is 8.93. The Balaban J connectivity index is 2.99. The Labute approximate surface area is 133 Å². The van der Waals surface area contributed by atoms with Crippen LogP contribution < -0.4 is 0 Å². The lowest BCUT2D eigenvalue weighted by atomic mass is 10.1. The third kappa shape index (κ3) is 5.09. The van der Waals surface area contributed by atoms with E-state index >= 15 is 0 Å². The average Bonchev–Trinajstić information content (AvgIpc) is 2.37. The molecule has 1 aromatic rings. The van der Waals surface area contributed by atoms with E-state index in [1.54, 1.807) is 6.92 Å². The number of hydrogen-bond donors (Lipinski definition) is 1. The minimum Gasteiger partial charge on any atom is -0.478 e. The molecule has 118 valence electrons. The van der Waals surface area contributed by atoms with E-state index in [0.717, 1.165) is 0 Å². The highest BCUT2D eigenvalue weighted by Crippen LogP contribution is 2.26. The van der Waals surface area contributed by atoms with E-state index in [1.807, 2.05) is 13.8 Å². The number of halogens is 1. The van der Waals surface area contributed by atoms with Gasteiger partial charge < -0.3 is 9.84 Å². The summed E-state index contributed by atoms with van der Waals surface area (Å²) in [7, 11) is -3.59. The zero-order valence-electron chi connectivity index (χ0n) is 12.2. The molecule has 0 amide bonds. The van der Waals surface area contributed by atoms with Crippen LogP contribution in [0.15, 0.2) is 21.5 Å². The second kappa shape index (κ2) is 7.38. The van der Waals surface area contributed by atoms with Crippen molar-refractivity contribution in [1.29, 1.82) is 0 Å². The molecule has 0 saturated heterocycles. The maximum Gasteiger partial charge on any atom is 0.335 e. The van der Waals surface area contributed by atoms with Gasteiger partial charge in [0.05, 0.1) is 22.8 Å². The second-order valence-corrected chi connectivity index (χ2v) is 8.11. The molecule has 0 radical (unpaired) electrons. The van der Waals surface area contributed by atoms with Gasteiger partial charge in [-0.05, 0) is 30.5 Å². The molecule has 7 heteroatoms. The van der Waals surface area contributed by atoms with Crippen molar-refractivity contribution in [1.82, 2.24) is 0 Å². The van der Waals surface area contributed by atoms with Crippen LogP contribution >= 0.6 is 15.9 Å². The predicted octanol–water partition coefficient (Wildman–Crippen LogP) is 2.90. The molecule has 1 aromatic carbocycles. The van der Waals surface area contributed by atoms with Crippen LogP contribution in [0.5, 0.6) is 0 Å². The van der Waals surface area contributed by atoms with E-state index in [-0.39, 0.29) is 22.8 Å². The summed E-state index contributed by atoms with van der Waals surface area (Å²) in [5.74, 6) is -1.00. The van der Waals surface area contributed by atoms with Gasteiger partial charge >= 0.3 is 5.97 Å². The van der Waals surface area contributed by atoms with Gasteiger partial charge in [-0.15, -0.1) is 0 Å². The number of hydrogen-bond acceptors (Lipinski definition) is 4. The highest BCUT2D eigenvalue weighted by atomic mass is 79.9. The molecule has 0 bridgehead atoms.